The third-order valence-corrected chi connectivity index (χ3v) is 4.86. The molecule has 0 saturated heterocycles. The van der Waals surface area contributed by atoms with Crippen LogP contribution in [-0.4, -0.2) is 11.0 Å². The van der Waals surface area contributed by atoms with Crippen LogP contribution in [0, 0.1) is 11.3 Å². The van der Waals surface area contributed by atoms with Crippen molar-refractivity contribution in [1.29, 1.82) is 0 Å². The molecule has 0 bridgehead atoms. The van der Waals surface area contributed by atoms with Gasteiger partial charge in [-0.3, -0.25) is 4.98 Å². The number of pyridine rings is 1. The average Bonchev–Trinajstić information content (AvgIpc) is 2.65. The predicted molar refractivity (Wildman–Crippen MR) is 85.6 cm³/mol. The molecule has 2 nitrogen and oxygen atoms in total. The number of hydrogen-bond acceptors (Lipinski definition) is 2. The van der Waals surface area contributed by atoms with Crippen LogP contribution in [0.25, 0.3) is 0 Å². The van der Waals surface area contributed by atoms with Gasteiger partial charge in [-0.1, -0.05) is 33.3 Å². The van der Waals surface area contributed by atoms with Gasteiger partial charge in [0.25, 0.3) is 0 Å². The largest absolute Gasteiger partial charge is 0.307 e. The Morgan fingerprint density at radius 3 is 2.65 bits per heavy atom. The SMILES string of the molecule is C[C@H](NC1CCCC(C(C)(C)C)CC1)c1cccnc1. The summed E-state index contributed by atoms with van der Waals surface area (Å²) in [6, 6.07) is 5.26. The summed E-state index contributed by atoms with van der Waals surface area (Å²) in [5, 5.41) is 3.81. The van der Waals surface area contributed by atoms with E-state index < -0.39 is 0 Å². The van der Waals surface area contributed by atoms with Crippen LogP contribution in [0.2, 0.25) is 0 Å². The van der Waals surface area contributed by atoms with Crippen molar-refractivity contribution in [2.24, 2.45) is 11.3 Å². The molecular formula is C18H30N2. The van der Waals surface area contributed by atoms with E-state index in [4.69, 9.17) is 0 Å². The molecule has 2 rings (SSSR count). The highest BCUT2D eigenvalue weighted by atomic mass is 14.9. The normalized spacial score (nSPS) is 26.0. The molecule has 0 amide bonds. The zero-order valence-corrected chi connectivity index (χ0v) is 13.5. The fourth-order valence-corrected chi connectivity index (χ4v) is 3.42. The molecular weight excluding hydrogens is 244 g/mol. The summed E-state index contributed by atoms with van der Waals surface area (Å²) in [5.41, 5.74) is 1.76. The van der Waals surface area contributed by atoms with Crippen molar-refractivity contribution >= 4 is 0 Å². The van der Waals surface area contributed by atoms with Gasteiger partial charge < -0.3 is 5.32 Å². The Balaban J connectivity index is 1.88. The maximum Gasteiger partial charge on any atom is 0.0315 e. The van der Waals surface area contributed by atoms with Crippen LogP contribution in [0.15, 0.2) is 24.5 Å². The quantitative estimate of drug-likeness (QED) is 0.806. The summed E-state index contributed by atoms with van der Waals surface area (Å²) < 4.78 is 0. The van der Waals surface area contributed by atoms with Gasteiger partial charge in [0, 0.05) is 24.5 Å². The first-order chi connectivity index (χ1) is 9.47. The summed E-state index contributed by atoms with van der Waals surface area (Å²) in [7, 11) is 0. The third-order valence-electron chi connectivity index (χ3n) is 4.86. The Hall–Kier alpha value is -0.890. The number of aromatic nitrogens is 1. The minimum absolute atomic E-state index is 0.403. The van der Waals surface area contributed by atoms with Gasteiger partial charge in [-0.25, -0.2) is 0 Å². The lowest BCUT2D eigenvalue weighted by Gasteiger charge is -2.30. The Morgan fingerprint density at radius 2 is 2.00 bits per heavy atom. The van der Waals surface area contributed by atoms with Gasteiger partial charge in [-0.15, -0.1) is 0 Å². The monoisotopic (exact) mass is 274 g/mol. The van der Waals surface area contributed by atoms with Crippen LogP contribution in [0.5, 0.6) is 0 Å². The molecule has 0 aromatic carbocycles. The third kappa shape index (κ3) is 4.31. The van der Waals surface area contributed by atoms with E-state index in [0.717, 1.165) is 5.92 Å². The Bertz CT molecular complexity index is 394. The minimum Gasteiger partial charge on any atom is -0.307 e. The molecule has 0 aliphatic heterocycles. The van der Waals surface area contributed by atoms with Crippen molar-refractivity contribution in [3.05, 3.63) is 30.1 Å². The lowest BCUT2D eigenvalue weighted by molar-refractivity contribution is 0.213. The minimum atomic E-state index is 0.403. The molecule has 112 valence electrons. The van der Waals surface area contributed by atoms with E-state index in [-0.39, 0.29) is 0 Å². The van der Waals surface area contributed by atoms with Gasteiger partial charge in [0.2, 0.25) is 0 Å². The lowest BCUT2D eigenvalue weighted by Crippen LogP contribution is -2.31. The molecule has 1 aliphatic carbocycles. The first kappa shape index (κ1) is 15.5. The van der Waals surface area contributed by atoms with Crippen molar-refractivity contribution < 1.29 is 0 Å². The van der Waals surface area contributed by atoms with E-state index in [1.165, 1.54) is 37.7 Å². The molecule has 2 heteroatoms. The molecule has 1 N–H and O–H groups in total. The standard InChI is InChI=1S/C18H30N2/c1-14(15-7-6-12-19-13-15)20-17-9-5-8-16(10-11-17)18(2,3)4/h6-7,12-14,16-17,20H,5,8-11H2,1-4H3/t14-,16?,17?/m0/s1. The fourth-order valence-electron chi connectivity index (χ4n) is 3.42. The molecule has 20 heavy (non-hydrogen) atoms. The maximum atomic E-state index is 4.22. The topological polar surface area (TPSA) is 24.9 Å². The van der Waals surface area contributed by atoms with Crippen LogP contribution in [0.4, 0.5) is 0 Å². The summed E-state index contributed by atoms with van der Waals surface area (Å²) in [4.78, 5) is 4.22. The first-order valence-corrected chi connectivity index (χ1v) is 8.13. The second-order valence-corrected chi connectivity index (χ2v) is 7.44. The van der Waals surface area contributed by atoms with Crippen LogP contribution >= 0.6 is 0 Å². The van der Waals surface area contributed by atoms with Crippen molar-refractivity contribution in [2.75, 3.05) is 0 Å². The van der Waals surface area contributed by atoms with E-state index in [1.54, 1.807) is 0 Å². The van der Waals surface area contributed by atoms with Gasteiger partial charge in [0.05, 0.1) is 0 Å². The average molecular weight is 274 g/mol. The van der Waals surface area contributed by atoms with Crippen LogP contribution < -0.4 is 5.32 Å². The Labute approximate surface area is 124 Å². The van der Waals surface area contributed by atoms with E-state index in [2.05, 4.69) is 44.1 Å². The fraction of sp³-hybridized carbons (Fsp3) is 0.722. The van der Waals surface area contributed by atoms with E-state index in [1.807, 2.05) is 18.5 Å². The van der Waals surface area contributed by atoms with Crippen molar-refractivity contribution in [3.63, 3.8) is 0 Å². The van der Waals surface area contributed by atoms with E-state index >= 15 is 0 Å². The number of nitrogens with zero attached hydrogens (tertiary/aromatic N) is 1. The van der Waals surface area contributed by atoms with Gasteiger partial charge in [-0.2, -0.15) is 0 Å². The lowest BCUT2D eigenvalue weighted by atomic mass is 9.76. The van der Waals surface area contributed by atoms with Gasteiger partial charge in [-0.05, 0) is 55.6 Å². The van der Waals surface area contributed by atoms with Crippen molar-refractivity contribution in [2.45, 2.75) is 71.9 Å². The zero-order valence-electron chi connectivity index (χ0n) is 13.5. The van der Waals surface area contributed by atoms with Crippen molar-refractivity contribution in [1.82, 2.24) is 10.3 Å². The summed E-state index contributed by atoms with van der Waals surface area (Å²) in [6.45, 7) is 9.43. The van der Waals surface area contributed by atoms with E-state index in [0.29, 0.717) is 17.5 Å². The second-order valence-electron chi connectivity index (χ2n) is 7.44. The molecule has 0 radical (unpaired) electrons. The zero-order chi connectivity index (χ0) is 14.6. The molecule has 1 aromatic heterocycles. The van der Waals surface area contributed by atoms with Crippen LogP contribution in [0.3, 0.4) is 0 Å². The molecule has 1 saturated carbocycles. The first-order valence-electron chi connectivity index (χ1n) is 8.13. The van der Waals surface area contributed by atoms with Crippen LogP contribution in [0.1, 0.15) is 71.4 Å². The maximum absolute atomic E-state index is 4.22. The molecule has 0 spiro atoms. The molecule has 1 aliphatic rings. The highest BCUT2D eigenvalue weighted by molar-refractivity contribution is 5.13. The highest BCUT2D eigenvalue weighted by Crippen LogP contribution is 2.37. The van der Waals surface area contributed by atoms with Crippen molar-refractivity contribution in [3.8, 4) is 0 Å². The molecule has 3 atom stereocenters. The summed E-state index contributed by atoms with van der Waals surface area (Å²) in [6.07, 6.45) is 10.6. The molecule has 2 unspecified atom stereocenters. The Morgan fingerprint density at radius 1 is 1.20 bits per heavy atom. The second kappa shape index (κ2) is 6.71. The molecule has 1 fully saturated rings. The number of rotatable bonds is 3. The van der Waals surface area contributed by atoms with Gasteiger partial charge >= 0.3 is 0 Å². The molecule has 1 heterocycles. The smallest absolute Gasteiger partial charge is 0.0315 e. The number of hydrogen-bond donors (Lipinski definition) is 1. The number of nitrogens with one attached hydrogen (secondary N) is 1. The Kier molecular flexibility index (Phi) is 5.20. The highest BCUT2D eigenvalue weighted by Gasteiger charge is 2.28. The summed E-state index contributed by atoms with van der Waals surface area (Å²) >= 11 is 0. The van der Waals surface area contributed by atoms with Gasteiger partial charge in [0.15, 0.2) is 0 Å². The van der Waals surface area contributed by atoms with Crippen LogP contribution in [-0.2, 0) is 0 Å². The van der Waals surface area contributed by atoms with Gasteiger partial charge in [0.1, 0.15) is 0 Å². The predicted octanol–water partition coefficient (Wildman–Crippen LogP) is 4.73. The molecule has 1 aromatic rings. The van der Waals surface area contributed by atoms with E-state index in [9.17, 15) is 0 Å². The summed E-state index contributed by atoms with van der Waals surface area (Å²) in [5.74, 6) is 0.878.